The first-order valence-corrected chi connectivity index (χ1v) is 6.77. The quantitative estimate of drug-likeness (QED) is 0.896. The molecule has 0 radical (unpaired) electrons. The van der Waals surface area contributed by atoms with Crippen molar-refractivity contribution in [1.29, 1.82) is 0 Å². The Morgan fingerprint density at radius 2 is 2.45 bits per heavy atom. The van der Waals surface area contributed by atoms with Crippen molar-refractivity contribution in [3.05, 3.63) is 42.1 Å². The third-order valence-electron chi connectivity index (χ3n) is 3.28. The van der Waals surface area contributed by atoms with Crippen LogP contribution in [0.1, 0.15) is 29.2 Å². The summed E-state index contributed by atoms with van der Waals surface area (Å²) in [4.78, 5) is 11.9. The zero-order valence-electron chi connectivity index (χ0n) is 11.1. The van der Waals surface area contributed by atoms with Crippen LogP contribution in [0.3, 0.4) is 0 Å². The van der Waals surface area contributed by atoms with E-state index in [4.69, 9.17) is 9.15 Å². The van der Waals surface area contributed by atoms with Gasteiger partial charge in [-0.25, -0.2) is 0 Å². The van der Waals surface area contributed by atoms with Gasteiger partial charge in [0.2, 0.25) is 0 Å². The molecule has 1 fully saturated rings. The number of amides is 1. The fourth-order valence-corrected chi connectivity index (χ4v) is 2.24. The van der Waals surface area contributed by atoms with Gasteiger partial charge in [0.1, 0.15) is 5.76 Å². The number of carbonyl (C=O) groups excluding carboxylic acids is 1. The maximum atomic E-state index is 11.9. The van der Waals surface area contributed by atoms with E-state index in [-0.39, 0.29) is 12.0 Å². The van der Waals surface area contributed by atoms with Crippen LogP contribution in [0, 0.1) is 0 Å². The van der Waals surface area contributed by atoms with Gasteiger partial charge in [-0.3, -0.25) is 9.48 Å². The molecule has 2 aromatic heterocycles. The van der Waals surface area contributed by atoms with E-state index in [1.54, 1.807) is 23.0 Å². The molecule has 2 aromatic rings. The molecule has 0 bridgehead atoms. The molecule has 0 unspecified atom stereocenters. The van der Waals surface area contributed by atoms with Crippen LogP contribution in [-0.2, 0) is 11.3 Å². The Bertz CT molecular complexity index is 556. The summed E-state index contributed by atoms with van der Waals surface area (Å²) in [5.74, 6) is 0.827. The molecule has 0 saturated carbocycles. The summed E-state index contributed by atoms with van der Waals surface area (Å²) < 4.78 is 12.7. The second-order valence-electron chi connectivity index (χ2n) is 4.81. The van der Waals surface area contributed by atoms with Gasteiger partial charge >= 0.3 is 0 Å². The first kappa shape index (κ1) is 12.9. The molecule has 1 amide bonds. The smallest absolute Gasteiger partial charge is 0.287 e. The lowest BCUT2D eigenvalue weighted by molar-refractivity contribution is 0.0833. The van der Waals surface area contributed by atoms with Gasteiger partial charge in [-0.1, -0.05) is 0 Å². The van der Waals surface area contributed by atoms with Crippen LogP contribution in [0.25, 0.3) is 0 Å². The van der Waals surface area contributed by atoms with Crippen LogP contribution < -0.4 is 5.32 Å². The predicted molar refractivity (Wildman–Crippen MR) is 71.3 cm³/mol. The highest BCUT2D eigenvalue weighted by Gasteiger charge is 2.18. The van der Waals surface area contributed by atoms with Crippen molar-refractivity contribution in [3.63, 3.8) is 0 Å². The van der Waals surface area contributed by atoms with Gasteiger partial charge in [0, 0.05) is 25.5 Å². The maximum Gasteiger partial charge on any atom is 0.287 e. The second kappa shape index (κ2) is 5.92. The fourth-order valence-electron chi connectivity index (χ4n) is 2.24. The van der Waals surface area contributed by atoms with Gasteiger partial charge < -0.3 is 14.5 Å². The maximum absolute atomic E-state index is 11.9. The number of ether oxygens (including phenoxy) is 1. The number of hydrogen-bond donors (Lipinski definition) is 1. The van der Waals surface area contributed by atoms with Gasteiger partial charge in [0.15, 0.2) is 5.76 Å². The molecule has 1 N–H and O–H groups in total. The summed E-state index contributed by atoms with van der Waals surface area (Å²) in [5.41, 5.74) is 0. The van der Waals surface area contributed by atoms with Crippen LogP contribution in [0.5, 0.6) is 0 Å². The van der Waals surface area contributed by atoms with Crippen LogP contribution in [0.2, 0.25) is 0 Å². The topological polar surface area (TPSA) is 69.3 Å². The minimum Gasteiger partial charge on any atom is -0.454 e. The van der Waals surface area contributed by atoms with Crippen molar-refractivity contribution in [3.8, 4) is 0 Å². The average molecular weight is 275 g/mol. The van der Waals surface area contributed by atoms with Gasteiger partial charge in [-0.05, 0) is 31.0 Å². The molecule has 3 heterocycles. The minimum atomic E-state index is -0.202. The van der Waals surface area contributed by atoms with Crippen molar-refractivity contribution in [2.24, 2.45) is 0 Å². The van der Waals surface area contributed by atoms with Crippen LogP contribution >= 0.6 is 0 Å². The molecule has 1 aliphatic rings. The Labute approximate surface area is 116 Å². The molecule has 6 heteroatoms. The lowest BCUT2D eigenvalue weighted by atomic mass is 10.2. The summed E-state index contributed by atoms with van der Waals surface area (Å²) in [6, 6.07) is 5.32. The summed E-state index contributed by atoms with van der Waals surface area (Å²) in [6.07, 6.45) is 5.76. The van der Waals surface area contributed by atoms with Gasteiger partial charge in [0.25, 0.3) is 5.91 Å². The molecule has 3 rings (SSSR count). The summed E-state index contributed by atoms with van der Waals surface area (Å²) in [6.45, 7) is 1.84. The van der Waals surface area contributed by atoms with Crippen LogP contribution in [0.4, 0.5) is 0 Å². The summed E-state index contributed by atoms with van der Waals surface area (Å²) in [5, 5.41) is 6.93. The Hall–Kier alpha value is -2.08. The largest absolute Gasteiger partial charge is 0.454 e. The third kappa shape index (κ3) is 3.08. The molecule has 0 spiro atoms. The summed E-state index contributed by atoms with van der Waals surface area (Å²) >= 11 is 0. The SMILES string of the molecule is O=C(NC[C@@H]1CCCO1)c1ccc(Cn2cccn2)o1. The first-order valence-electron chi connectivity index (χ1n) is 6.77. The number of nitrogens with zero attached hydrogens (tertiary/aromatic N) is 2. The highest BCUT2D eigenvalue weighted by Crippen LogP contribution is 2.12. The molecule has 20 heavy (non-hydrogen) atoms. The van der Waals surface area contributed by atoms with Crippen molar-refractivity contribution >= 4 is 5.91 Å². The molecule has 0 aliphatic carbocycles. The number of rotatable bonds is 5. The van der Waals surface area contributed by atoms with Gasteiger partial charge in [-0.2, -0.15) is 5.10 Å². The van der Waals surface area contributed by atoms with E-state index in [0.717, 1.165) is 19.4 Å². The highest BCUT2D eigenvalue weighted by molar-refractivity contribution is 5.91. The Morgan fingerprint density at radius 1 is 1.50 bits per heavy atom. The first-order chi connectivity index (χ1) is 9.81. The van der Waals surface area contributed by atoms with E-state index in [1.165, 1.54) is 0 Å². The second-order valence-corrected chi connectivity index (χ2v) is 4.81. The van der Waals surface area contributed by atoms with E-state index >= 15 is 0 Å². The van der Waals surface area contributed by atoms with E-state index < -0.39 is 0 Å². The zero-order valence-corrected chi connectivity index (χ0v) is 11.1. The molecule has 1 atom stereocenters. The fraction of sp³-hybridized carbons (Fsp3) is 0.429. The van der Waals surface area contributed by atoms with Crippen LogP contribution in [-0.4, -0.2) is 34.9 Å². The lowest BCUT2D eigenvalue weighted by Crippen LogP contribution is -2.31. The zero-order chi connectivity index (χ0) is 13.8. The van der Waals surface area contributed by atoms with Gasteiger partial charge in [0.05, 0.1) is 12.6 Å². The molecular formula is C14H17N3O3. The molecule has 6 nitrogen and oxygen atoms in total. The third-order valence-corrected chi connectivity index (χ3v) is 3.28. The molecule has 0 aromatic carbocycles. The van der Waals surface area contributed by atoms with E-state index in [9.17, 15) is 4.79 Å². The number of furan rings is 1. The van der Waals surface area contributed by atoms with Crippen LogP contribution in [0.15, 0.2) is 35.0 Å². The van der Waals surface area contributed by atoms with E-state index in [0.29, 0.717) is 24.6 Å². The Kier molecular flexibility index (Phi) is 3.83. The number of carbonyl (C=O) groups is 1. The molecule has 106 valence electrons. The highest BCUT2D eigenvalue weighted by atomic mass is 16.5. The number of hydrogen-bond acceptors (Lipinski definition) is 4. The van der Waals surface area contributed by atoms with E-state index in [2.05, 4.69) is 10.4 Å². The summed E-state index contributed by atoms with van der Waals surface area (Å²) in [7, 11) is 0. The Balaban J connectivity index is 1.54. The number of aromatic nitrogens is 2. The van der Waals surface area contributed by atoms with Crippen molar-refractivity contribution < 1.29 is 13.9 Å². The predicted octanol–water partition coefficient (Wildman–Crippen LogP) is 1.43. The molecule has 1 aliphatic heterocycles. The Morgan fingerprint density at radius 3 is 3.20 bits per heavy atom. The van der Waals surface area contributed by atoms with Gasteiger partial charge in [-0.15, -0.1) is 0 Å². The molecule has 1 saturated heterocycles. The normalized spacial score (nSPS) is 18.3. The minimum absolute atomic E-state index is 0.137. The monoisotopic (exact) mass is 275 g/mol. The van der Waals surface area contributed by atoms with Crippen molar-refractivity contribution in [2.45, 2.75) is 25.5 Å². The van der Waals surface area contributed by atoms with E-state index in [1.807, 2.05) is 12.3 Å². The van der Waals surface area contributed by atoms with Crippen molar-refractivity contribution in [2.75, 3.05) is 13.2 Å². The number of nitrogens with one attached hydrogen (secondary N) is 1. The lowest BCUT2D eigenvalue weighted by Gasteiger charge is -2.09. The van der Waals surface area contributed by atoms with Crippen molar-refractivity contribution in [1.82, 2.24) is 15.1 Å². The standard InChI is InChI=1S/C14H17N3O3/c18-14(15-9-11-3-1-8-19-11)13-5-4-12(20-13)10-17-7-2-6-16-17/h2,4-7,11H,1,3,8-10H2,(H,15,18)/t11-/m0/s1. The average Bonchev–Trinajstić information content (AvgIpc) is 3.19. The molecular weight excluding hydrogens is 258 g/mol.